The summed E-state index contributed by atoms with van der Waals surface area (Å²) in [4.78, 5) is 34.4. The summed E-state index contributed by atoms with van der Waals surface area (Å²) >= 11 is 11.4. The molecular weight excluding hydrogens is 447 g/mol. The van der Waals surface area contributed by atoms with Crippen LogP contribution in [0.25, 0.3) is 0 Å². The topological polar surface area (TPSA) is 114 Å². The summed E-state index contributed by atoms with van der Waals surface area (Å²) in [5.74, 6) is 1.10. The molecule has 0 aliphatic carbocycles. The summed E-state index contributed by atoms with van der Waals surface area (Å²) in [5, 5.41) is 6.39. The van der Waals surface area contributed by atoms with Gasteiger partial charge in [-0.1, -0.05) is 23.2 Å². The Morgan fingerprint density at radius 1 is 1.23 bits per heavy atom. The number of piperazine rings is 1. The van der Waals surface area contributed by atoms with Crippen molar-refractivity contribution < 1.29 is 14.3 Å². The Morgan fingerprint density at radius 2 is 1.94 bits per heavy atom. The maximum Gasteiger partial charge on any atom is 0.286 e. The molecule has 1 amide bonds. The van der Waals surface area contributed by atoms with Crippen molar-refractivity contribution in [1.29, 1.82) is 0 Å². The first-order chi connectivity index (χ1) is 14.9. The maximum absolute atomic E-state index is 11.1. The average molecular weight is 471 g/mol. The molecule has 12 heteroatoms. The number of hydrogen-bond donors (Lipinski definition) is 1. The maximum atomic E-state index is 11.1. The van der Waals surface area contributed by atoms with E-state index >= 15 is 0 Å². The van der Waals surface area contributed by atoms with Gasteiger partial charge in [0.25, 0.3) is 5.56 Å². The van der Waals surface area contributed by atoms with Gasteiger partial charge in [-0.25, -0.2) is 15.1 Å². The Labute approximate surface area is 189 Å². The molecule has 1 N–H and O–H groups in total. The number of anilines is 1. The number of nitrogens with zero attached hydrogens (tertiary/aromatic N) is 5. The molecule has 2 aliphatic rings. The van der Waals surface area contributed by atoms with Gasteiger partial charge in [-0.3, -0.25) is 9.59 Å². The number of H-pyrrole nitrogens is 1. The van der Waals surface area contributed by atoms with Crippen LogP contribution in [0.2, 0.25) is 10.0 Å². The predicted molar refractivity (Wildman–Crippen MR) is 116 cm³/mol. The van der Waals surface area contributed by atoms with Gasteiger partial charge in [0.1, 0.15) is 6.61 Å². The van der Waals surface area contributed by atoms with E-state index in [9.17, 15) is 9.59 Å². The summed E-state index contributed by atoms with van der Waals surface area (Å²) in [6.45, 7) is 5.75. The van der Waals surface area contributed by atoms with Gasteiger partial charge in [-0.15, -0.1) is 0 Å². The molecular formula is C19H24Cl2N6O4. The third-order valence-corrected chi connectivity index (χ3v) is 5.38. The molecule has 0 saturated carbocycles. The Bertz CT molecular complexity index is 912. The fraction of sp³-hybridized carbons (Fsp3) is 0.526. The zero-order chi connectivity index (χ0) is 22.2. The summed E-state index contributed by atoms with van der Waals surface area (Å²) in [6, 6.07) is 0. The lowest BCUT2D eigenvalue weighted by atomic mass is 10.2. The summed E-state index contributed by atoms with van der Waals surface area (Å²) in [7, 11) is 0. The molecule has 4 heterocycles. The van der Waals surface area contributed by atoms with Gasteiger partial charge < -0.3 is 19.3 Å². The fourth-order valence-electron chi connectivity index (χ4n) is 3.12. The Hall–Kier alpha value is -2.43. The lowest BCUT2D eigenvalue weighted by Crippen LogP contribution is -2.48. The number of halogens is 2. The Morgan fingerprint density at radius 3 is 2.55 bits per heavy atom. The van der Waals surface area contributed by atoms with Crippen molar-refractivity contribution in [2.45, 2.75) is 25.9 Å². The second-order valence-electron chi connectivity index (χ2n) is 7.02. The zero-order valence-corrected chi connectivity index (χ0v) is 18.6. The van der Waals surface area contributed by atoms with E-state index in [1.54, 1.807) is 19.3 Å². The van der Waals surface area contributed by atoms with Crippen LogP contribution in [-0.4, -0.2) is 76.5 Å². The van der Waals surface area contributed by atoms with Gasteiger partial charge in [0.05, 0.1) is 29.7 Å². The van der Waals surface area contributed by atoms with Gasteiger partial charge in [0.2, 0.25) is 11.9 Å². The number of amides is 1. The van der Waals surface area contributed by atoms with Crippen LogP contribution in [0.1, 0.15) is 19.8 Å². The summed E-state index contributed by atoms with van der Waals surface area (Å²) in [5.41, 5.74) is -0.443. The minimum Gasteiger partial charge on any atom is -0.487 e. The fourth-order valence-corrected chi connectivity index (χ4v) is 3.36. The van der Waals surface area contributed by atoms with Crippen molar-refractivity contribution in [3.05, 3.63) is 39.0 Å². The monoisotopic (exact) mass is 470 g/mol. The third-order valence-electron chi connectivity index (χ3n) is 4.83. The summed E-state index contributed by atoms with van der Waals surface area (Å²) < 4.78 is 10.7. The molecule has 10 nitrogen and oxygen atoms in total. The van der Waals surface area contributed by atoms with Gasteiger partial charge >= 0.3 is 0 Å². The molecule has 0 bridgehead atoms. The van der Waals surface area contributed by atoms with E-state index in [2.05, 4.69) is 25.1 Å². The van der Waals surface area contributed by atoms with Crippen molar-refractivity contribution >= 4 is 35.1 Å². The lowest BCUT2D eigenvalue weighted by molar-refractivity contribution is -0.129. The van der Waals surface area contributed by atoms with Crippen LogP contribution in [0, 0.1) is 0 Å². The molecule has 0 spiro atoms. The van der Waals surface area contributed by atoms with Crippen molar-refractivity contribution in [2.24, 2.45) is 0 Å². The number of aromatic amines is 1. The smallest absolute Gasteiger partial charge is 0.286 e. The van der Waals surface area contributed by atoms with Gasteiger partial charge in [0.15, 0.2) is 10.8 Å². The van der Waals surface area contributed by atoms with Crippen molar-refractivity contribution in [1.82, 2.24) is 25.1 Å². The second-order valence-corrected chi connectivity index (χ2v) is 7.83. The van der Waals surface area contributed by atoms with Crippen LogP contribution in [0.15, 0.2) is 23.4 Å². The predicted octanol–water partition coefficient (Wildman–Crippen LogP) is 1.78. The first-order valence-corrected chi connectivity index (χ1v) is 10.6. The number of ether oxygens (including phenoxy) is 2. The highest BCUT2D eigenvalue weighted by molar-refractivity contribution is 6.31. The number of aromatic nitrogens is 4. The number of hydrogen-bond acceptors (Lipinski definition) is 8. The average Bonchev–Trinajstić information content (AvgIpc) is 3.30. The molecule has 2 fully saturated rings. The molecule has 2 aromatic rings. The lowest BCUT2D eigenvalue weighted by Gasteiger charge is -2.34. The number of rotatable bonds is 4. The third kappa shape index (κ3) is 6.78. The van der Waals surface area contributed by atoms with E-state index in [1.807, 2.05) is 4.90 Å². The number of carbonyl (C=O) groups excluding carboxylic acids is 1. The number of carbonyl (C=O) groups is 1. The van der Waals surface area contributed by atoms with Crippen LogP contribution in [0.5, 0.6) is 5.75 Å². The zero-order valence-electron chi connectivity index (χ0n) is 17.1. The van der Waals surface area contributed by atoms with E-state index in [0.29, 0.717) is 23.3 Å². The van der Waals surface area contributed by atoms with Crippen LogP contribution >= 0.6 is 23.2 Å². The molecule has 1 atom stereocenters. The molecule has 2 aromatic heterocycles. The second kappa shape index (κ2) is 11.3. The van der Waals surface area contributed by atoms with Crippen LogP contribution in [0.4, 0.5) is 5.95 Å². The molecule has 168 valence electrons. The number of nitrogens with one attached hydrogen (secondary N) is 1. The molecule has 1 unspecified atom stereocenters. The van der Waals surface area contributed by atoms with E-state index in [-0.39, 0.29) is 17.0 Å². The van der Waals surface area contributed by atoms with Gasteiger partial charge in [-0.2, -0.15) is 5.10 Å². The largest absolute Gasteiger partial charge is 0.487 e. The molecule has 0 radical (unpaired) electrons. The highest BCUT2D eigenvalue weighted by Crippen LogP contribution is 2.20. The highest BCUT2D eigenvalue weighted by atomic mass is 35.5. The quantitative estimate of drug-likeness (QED) is 0.718. The van der Waals surface area contributed by atoms with Crippen molar-refractivity contribution in [3.63, 3.8) is 0 Å². The van der Waals surface area contributed by atoms with E-state index in [4.69, 9.17) is 32.7 Å². The van der Waals surface area contributed by atoms with Gasteiger partial charge in [-0.05, 0) is 12.8 Å². The normalized spacial score (nSPS) is 18.4. The van der Waals surface area contributed by atoms with Crippen LogP contribution in [-0.2, 0) is 9.53 Å². The molecule has 4 rings (SSSR count). The van der Waals surface area contributed by atoms with Crippen molar-refractivity contribution in [3.8, 4) is 5.75 Å². The minimum atomic E-state index is -0.443. The Balaban J connectivity index is 0.000000176. The first-order valence-electron chi connectivity index (χ1n) is 9.89. The molecule has 31 heavy (non-hydrogen) atoms. The Kier molecular flexibility index (Phi) is 8.44. The van der Waals surface area contributed by atoms with E-state index in [0.717, 1.165) is 45.6 Å². The SMILES string of the molecule is CC(=O)N1CCN(c2ncc(Cl)cn2)CC1.O=c1[nH]ncc(OCC2CCCO2)c1Cl. The molecule has 2 saturated heterocycles. The standard InChI is InChI=1S/C10H13ClN4O.C9H11ClN2O3/c1-8(16)14-2-4-15(5-3-14)10-12-6-9(11)7-13-10;10-8-7(4-11-12-9(8)13)15-5-6-2-1-3-14-6/h6-7H,2-5H2,1H3;4,6H,1-3,5H2,(H,12,13). The first kappa shape index (κ1) is 23.2. The molecule has 2 aliphatic heterocycles. The molecule has 0 aromatic carbocycles. The van der Waals surface area contributed by atoms with Crippen LogP contribution < -0.4 is 15.2 Å². The highest BCUT2D eigenvalue weighted by Gasteiger charge is 2.20. The van der Waals surface area contributed by atoms with Gasteiger partial charge in [0, 0.05) is 39.7 Å². The van der Waals surface area contributed by atoms with E-state index < -0.39 is 5.56 Å². The van der Waals surface area contributed by atoms with Crippen molar-refractivity contribution in [2.75, 3.05) is 44.3 Å². The summed E-state index contributed by atoms with van der Waals surface area (Å²) in [6.07, 6.45) is 6.69. The minimum absolute atomic E-state index is 0.0306. The van der Waals surface area contributed by atoms with Crippen LogP contribution in [0.3, 0.4) is 0 Å². The van der Waals surface area contributed by atoms with E-state index in [1.165, 1.54) is 6.20 Å².